The third kappa shape index (κ3) is 3.90. The summed E-state index contributed by atoms with van der Waals surface area (Å²) >= 11 is 0. The van der Waals surface area contributed by atoms with Gasteiger partial charge < -0.3 is 15.0 Å². The quantitative estimate of drug-likeness (QED) is 0.522. The molecule has 0 aliphatic heterocycles. The van der Waals surface area contributed by atoms with Crippen molar-refractivity contribution < 1.29 is 4.74 Å². The lowest BCUT2D eigenvalue weighted by Crippen LogP contribution is -2.27. The van der Waals surface area contributed by atoms with Crippen LogP contribution in [0, 0.1) is 0 Å². The maximum absolute atomic E-state index is 5.27. The molecule has 0 unspecified atom stereocenters. The summed E-state index contributed by atoms with van der Waals surface area (Å²) in [6, 6.07) is 18.3. The van der Waals surface area contributed by atoms with Crippen LogP contribution in [0.15, 0.2) is 67.1 Å². The molecule has 7 nitrogen and oxygen atoms in total. The molecule has 1 atom stereocenters. The van der Waals surface area contributed by atoms with Crippen LogP contribution in [0.5, 0.6) is 5.75 Å². The predicted octanol–water partition coefficient (Wildman–Crippen LogP) is 3.54. The van der Waals surface area contributed by atoms with Crippen LogP contribution >= 0.6 is 0 Å². The van der Waals surface area contributed by atoms with Crippen LogP contribution in [0.2, 0.25) is 0 Å². The molecule has 0 saturated heterocycles. The molecular formula is C22H24N6O. The van der Waals surface area contributed by atoms with Crippen molar-refractivity contribution in [3.05, 3.63) is 72.7 Å². The van der Waals surface area contributed by atoms with Crippen molar-refractivity contribution in [2.24, 2.45) is 0 Å². The second kappa shape index (κ2) is 8.28. The van der Waals surface area contributed by atoms with Gasteiger partial charge >= 0.3 is 0 Å². The maximum atomic E-state index is 5.27. The first kappa shape index (κ1) is 18.9. The van der Waals surface area contributed by atoms with E-state index in [0.717, 1.165) is 28.3 Å². The van der Waals surface area contributed by atoms with Crippen molar-refractivity contribution in [3.63, 3.8) is 0 Å². The summed E-state index contributed by atoms with van der Waals surface area (Å²) in [5, 5.41) is 8.89. The smallest absolute Gasteiger partial charge is 0.168 e. The van der Waals surface area contributed by atoms with Gasteiger partial charge in [0.25, 0.3) is 0 Å². The molecule has 0 aliphatic carbocycles. The first-order chi connectivity index (χ1) is 14.2. The number of rotatable bonds is 7. The summed E-state index contributed by atoms with van der Waals surface area (Å²) < 4.78 is 7.10. The van der Waals surface area contributed by atoms with Crippen LogP contribution in [0.3, 0.4) is 0 Å². The first-order valence-corrected chi connectivity index (χ1v) is 9.46. The van der Waals surface area contributed by atoms with Crippen LogP contribution in [-0.4, -0.2) is 52.4 Å². The lowest BCUT2D eigenvalue weighted by molar-refractivity contribution is 0.311. The van der Waals surface area contributed by atoms with Crippen molar-refractivity contribution in [1.82, 2.24) is 24.6 Å². The minimum atomic E-state index is 0.176. The lowest BCUT2D eigenvalue weighted by atomic mass is 10.1. The van der Waals surface area contributed by atoms with Crippen molar-refractivity contribution >= 4 is 16.9 Å². The number of benzene rings is 2. The van der Waals surface area contributed by atoms with Gasteiger partial charge in [-0.2, -0.15) is 5.10 Å². The fourth-order valence-corrected chi connectivity index (χ4v) is 3.36. The molecule has 0 fully saturated rings. The highest BCUT2D eigenvalue weighted by molar-refractivity contribution is 5.87. The van der Waals surface area contributed by atoms with Crippen molar-refractivity contribution in [3.8, 4) is 11.4 Å². The minimum absolute atomic E-state index is 0.176. The molecule has 0 saturated carbocycles. The SMILES string of the molecule is COc1ccc([C@@H](CNc2ncnc3c2cnn3-c2ccccc2)N(C)C)cc1. The zero-order valence-corrected chi connectivity index (χ0v) is 16.8. The Hall–Kier alpha value is -3.45. The molecule has 4 aromatic rings. The van der Waals surface area contributed by atoms with E-state index in [9.17, 15) is 0 Å². The van der Waals surface area contributed by atoms with Crippen LogP contribution in [0.1, 0.15) is 11.6 Å². The molecule has 2 aromatic heterocycles. The Morgan fingerprint density at radius 3 is 2.48 bits per heavy atom. The van der Waals surface area contributed by atoms with Crippen LogP contribution < -0.4 is 10.1 Å². The summed E-state index contributed by atoms with van der Waals surface area (Å²) in [4.78, 5) is 11.1. The number of ether oxygens (including phenoxy) is 1. The van der Waals surface area contributed by atoms with Crippen LogP contribution in [0.4, 0.5) is 5.82 Å². The highest BCUT2D eigenvalue weighted by Gasteiger charge is 2.16. The van der Waals surface area contributed by atoms with E-state index < -0.39 is 0 Å². The molecule has 0 spiro atoms. The van der Waals surface area contributed by atoms with Gasteiger partial charge in [0.1, 0.15) is 17.9 Å². The summed E-state index contributed by atoms with van der Waals surface area (Å²) in [7, 11) is 5.81. The monoisotopic (exact) mass is 388 g/mol. The molecule has 7 heteroatoms. The van der Waals surface area contributed by atoms with Gasteiger partial charge in [-0.3, -0.25) is 0 Å². The number of anilines is 1. The Morgan fingerprint density at radius 1 is 1.03 bits per heavy atom. The zero-order valence-electron chi connectivity index (χ0n) is 16.8. The normalized spacial score (nSPS) is 12.3. The zero-order chi connectivity index (χ0) is 20.2. The molecule has 0 aliphatic rings. The van der Waals surface area contributed by atoms with Gasteiger partial charge in [0.05, 0.1) is 30.4 Å². The van der Waals surface area contributed by atoms with E-state index in [-0.39, 0.29) is 6.04 Å². The summed E-state index contributed by atoms with van der Waals surface area (Å²) in [6.07, 6.45) is 3.38. The van der Waals surface area contributed by atoms with Gasteiger partial charge in [0.15, 0.2) is 5.65 Å². The third-order valence-corrected chi connectivity index (χ3v) is 4.95. The Morgan fingerprint density at radius 2 is 1.79 bits per heavy atom. The number of methoxy groups -OCH3 is 1. The molecular weight excluding hydrogens is 364 g/mol. The second-order valence-corrected chi connectivity index (χ2v) is 6.98. The van der Waals surface area contributed by atoms with E-state index in [1.54, 1.807) is 13.4 Å². The van der Waals surface area contributed by atoms with Crippen molar-refractivity contribution in [2.75, 3.05) is 33.1 Å². The van der Waals surface area contributed by atoms with E-state index in [2.05, 4.69) is 51.5 Å². The average molecular weight is 388 g/mol. The lowest BCUT2D eigenvalue weighted by Gasteiger charge is -2.25. The summed E-state index contributed by atoms with van der Waals surface area (Å²) in [5.41, 5.74) is 2.95. The number of nitrogens with one attached hydrogen (secondary N) is 1. The number of fused-ring (bicyclic) bond motifs is 1. The Bertz CT molecular complexity index is 1080. The number of para-hydroxylation sites is 1. The number of hydrogen-bond donors (Lipinski definition) is 1. The fraction of sp³-hybridized carbons (Fsp3) is 0.227. The largest absolute Gasteiger partial charge is 0.497 e. The van der Waals surface area contributed by atoms with E-state index in [1.165, 1.54) is 5.56 Å². The Labute approximate surface area is 170 Å². The molecule has 4 rings (SSSR count). The Kier molecular flexibility index (Phi) is 5.39. The molecule has 0 radical (unpaired) electrons. The molecule has 2 aromatic carbocycles. The van der Waals surface area contributed by atoms with Crippen molar-refractivity contribution in [2.45, 2.75) is 6.04 Å². The van der Waals surface area contributed by atoms with Gasteiger partial charge in [0.2, 0.25) is 0 Å². The van der Waals surface area contributed by atoms with Crippen LogP contribution in [0.25, 0.3) is 16.7 Å². The van der Waals surface area contributed by atoms with Gasteiger partial charge in [-0.1, -0.05) is 30.3 Å². The summed E-state index contributed by atoms with van der Waals surface area (Å²) in [6.45, 7) is 0.696. The fourth-order valence-electron chi connectivity index (χ4n) is 3.36. The minimum Gasteiger partial charge on any atom is -0.497 e. The number of nitrogens with zero attached hydrogens (tertiary/aromatic N) is 5. The molecule has 148 valence electrons. The number of likely N-dealkylation sites (N-methyl/N-ethyl adjacent to an activating group) is 1. The van der Waals surface area contributed by atoms with E-state index >= 15 is 0 Å². The maximum Gasteiger partial charge on any atom is 0.168 e. The Balaban J connectivity index is 1.59. The molecule has 0 amide bonds. The highest BCUT2D eigenvalue weighted by Crippen LogP contribution is 2.25. The molecule has 2 heterocycles. The van der Waals surface area contributed by atoms with Gasteiger partial charge in [-0.25, -0.2) is 14.6 Å². The number of aromatic nitrogens is 4. The van der Waals surface area contributed by atoms with Crippen molar-refractivity contribution in [1.29, 1.82) is 0 Å². The summed E-state index contributed by atoms with van der Waals surface area (Å²) in [5.74, 6) is 1.63. The predicted molar refractivity (Wildman–Crippen MR) is 115 cm³/mol. The van der Waals surface area contributed by atoms with E-state index in [0.29, 0.717) is 6.54 Å². The van der Waals surface area contributed by atoms with Crippen LogP contribution in [-0.2, 0) is 0 Å². The molecule has 0 bridgehead atoms. The van der Waals surface area contributed by atoms with Gasteiger partial charge in [-0.05, 0) is 43.9 Å². The highest BCUT2D eigenvalue weighted by atomic mass is 16.5. The van der Waals surface area contributed by atoms with Gasteiger partial charge in [-0.15, -0.1) is 0 Å². The van der Waals surface area contributed by atoms with Gasteiger partial charge in [0, 0.05) is 6.54 Å². The molecule has 29 heavy (non-hydrogen) atoms. The standard InChI is InChI=1S/C22H24N6O/c1-27(2)20(16-9-11-18(29-3)12-10-16)14-23-21-19-13-26-28(22(19)25-15-24-21)17-7-5-4-6-8-17/h4-13,15,20H,14H2,1-3H3,(H,23,24,25)/t20-/m1/s1. The van der Waals surface area contributed by atoms with E-state index in [4.69, 9.17) is 4.74 Å². The molecule has 1 N–H and O–H groups in total. The third-order valence-electron chi connectivity index (χ3n) is 4.95. The van der Waals surface area contributed by atoms with E-state index in [1.807, 2.05) is 53.3 Å². The number of hydrogen-bond acceptors (Lipinski definition) is 6. The first-order valence-electron chi connectivity index (χ1n) is 9.46. The second-order valence-electron chi connectivity index (χ2n) is 6.98. The topological polar surface area (TPSA) is 68.1 Å². The average Bonchev–Trinajstić information content (AvgIpc) is 3.20.